The molecule has 0 saturated carbocycles. The predicted molar refractivity (Wildman–Crippen MR) is 335 cm³/mol. The third kappa shape index (κ3) is 59.0. The lowest BCUT2D eigenvalue weighted by atomic mass is 10.0. The first-order chi connectivity index (χ1) is 40.2. The smallest absolute Gasteiger partial charge is 0.462 e. The molecule has 0 aromatic heterocycles. The third-order valence-electron chi connectivity index (χ3n) is 14.9. The van der Waals surface area contributed by atoms with Crippen molar-refractivity contribution in [2.45, 2.75) is 336 Å². The molecule has 0 heterocycles. The highest BCUT2D eigenvalue weighted by Gasteiger charge is 2.30. The standard InChI is InChI=1S/C65H126O17P2/c1-8-9-10-11-12-25-32-39-46-62(67)75-52-61(82-65(70)49-42-35-28-21-24-31-38-45-58(6)7)55-80-84(73,74)78-51-59(66)50-77-83(71,72)79-54-60(53-76-63(68)47-40-33-27-20-23-30-37-44-57(4)5)81-64(69)48-41-34-26-19-17-15-13-14-16-18-22-29-36-43-56(2)3/h56-61,66H,8-55H2,1-7H3,(H,71,72)(H,73,74)/t59-,60-,61-/m1/s1. The second-order valence-electron chi connectivity index (χ2n) is 24.9. The van der Waals surface area contributed by atoms with E-state index in [4.69, 9.17) is 37.0 Å². The lowest BCUT2D eigenvalue weighted by Gasteiger charge is -2.21. The lowest BCUT2D eigenvalue weighted by molar-refractivity contribution is -0.161. The molecule has 0 radical (unpaired) electrons. The highest BCUT2D eigenvalue weighted by Crippen LogP contribution is 2.45. The van der Waals surface area contributed by atoms with E-state index in [2.05, 4.69) is 48.5 Å². The molecule has 19 heteroatoms. The van der Waals surface area contributed by atoms with Crippen LogP contribution in [0.4, 0.5) is 0 Å². The Balaban J connectivity index is 5.21. The van der Waals surface area contributed by atoms with E-state index < -0.39 is 97.5 Å². The summed E-state index contributed by atoms with van der Waals surface area (Å²) in [5, 5.41) is 10.5. The van der Waals surface area contributed by atoms with Gasteiger partial charge in [0.1, 0.15) is 19.3 Å². The van der Waals surface area contributed by atoms with Gasteiger partial charge in [0, 0.05) is 25.7 Å². The van der Waals surface area contributed by atoms with Crippen LogP contribution >= 0.6 is 15.6 Å². The summed E-state index contributed by atoms with van der Waals surface area (Å²) in [6.07, 6.45) is 37.8. The number of hydrogen-bond acceptors (Lipinski definition) is 15. The maximum atomic E-state index is 13.0. The number of aliphatic hydroxyl groups excluding tert-OH is 1. The summed E-state index contributed by atoms with van der Waals surface area (Å²) in [4.78, 5) is 72.2. The van der Waals surface area contributed by atoms with Crippen LogP contribution in [0.1, 0.15) is 318 Å². The summed E-state index contributed by atoms with van der Waals surface area (Å²) in [7, 11) is -9.89. The largest absolute Gasteiger partial charge is 0.472 e. The molecule has 2 unspecified atom stereocenters. The highest BCUT2D eigenvalue weighted by molar-refractivity contribution is 7.47. The van der Waals surface area contributed by atoms with Crippen LogP contribution in [0.5, 0.6) is 0 Å². The molecule has 3 N–H and O–H groups in total. The summed E-state index contributed by atoms with van der Waals surface area (Å²) >= 11 is 0. The molecule has 17 nitrogen and oxygen atoms in total. The van der Waals surface area contributed by atoms with E-state index >= 15 is 0 Å². The van der Waals surface area contributed by atoms with Crippen molar-refractivity contribution in [1.82, 2.24) is 0 Å². The molecule has 0 aromatic carbocycles. The van der Waals surface area contributed by atoms with E-state index in [1.54, 1.807) is 0 Å². The van der Waals surface area contributed by atoms with Gasteiger partial charge in [-0.05, 0) is 43.4 Å². The Morgan fingerprint density at radius 3 is 0.810 bits per heavy atom. The van der Waals surface area contributed by atoms with Crippen LogP contribution in [0.3, 0.4) is 0 Å². The van der Waals surface area contributed by atoms with Crippen molar-refractivity contribution in [1.29, 1.82) is 0 Å². The quantitative estimate of drug-likeness (QED) is 0.0222. The third-order valence-corrected chi connectivity index (χ3v) is 16.8. The SMILES string of the molecule is CCCCCCCCCCC(=O)OC[C@H](COP(=O)(O)OC[C@H](O)COP(=O)(O)OC[C@@H](COC(=O)CCCCCCCCCC(C)C)OC(=O)CCCCCCCCCCCCCCCC(C)C)OC(=O)CCCCCCCCCC(C)C. The monoisotopic (exact) mass is 1240 g/mol. The van der Waals surface area contributed by atoms with E-state index in [0.29, 0.717) is 37.5 Å². The molecule has 0 saturated heterocycles. The molecular weight excluding hydrogens is 1110 g/mol. The second kappa shape index (κ2) is 56.3. The molecule has 0 bridgehead atoms. The zero-order chi connectivity index (χ0) is 62.4. The van der Waals surface area contributed by atoms with Gasteiger partial charge in [-0.15, -0.1) is 0 Å². The van der Waals surface area contributed by atoms with Gasteiger partial charge in [-0.25, -0.2) is 9.13 Å². The Morgan fingerprint density at radius 2 is 0.548 bits per heavy atom. The number of phosphoric acid groups is 2. The molecule has 0 aliphatic carbocycles. The minimum absolute atomic E-state index is 0.103. The van der Waals surface area contributed by atoms with Crippen molar-refractivity contribution >= 4 is 39.5 Å². The molecule has 498 valence electrons. The molecular formula is C65H126O17P2. The summed E-state index contributed by atoms with van der Waals surface area (Å²) in [5.74, 6) is 0.0486. The van der Waals surface area contributed by atoms with Gasteiger partial charge in [0.15, 0.2) is 12.2 Å². The van der Waals surface area contributed by atoms with Crippen LogP contribution in [-0.2, 0) is 65.4 Å². The first kappa shape index (κ1) is 82.1. The highest BCUT2D eigenvalue weighted by atomic mass is 31.2. The van der Waals surface area contributed by atoms with Gasteiger partial charge in [-0.3, -0.25) is 37.3 Å². The van der Waals surface area contributed by atoms with E-state index in [9.17, 15) is 43.2 Å². The van der Waals surface area contributed by atoms with E-state index in [1.807, 2.05) is 0 Å². The molecule has 0 amide bonds. The summed E-state index contributed by atoms with van der Waals surface area (Å²) < 4.78 is 68.0. The van der Waals surface area contributed by atoms with Crippen LogP contribution in [0.25, 0.3) is 0 Å². The fourth-order valence-electron chi connectivity index (χ4n) is 9.66. The number of phosphoric ester groups is 2. The molecule has 84 heavy (non-hydrogen) atoms. The second-order valence-corrected chi connectivity index (χ2v) is 27.8. The summed E-state index contributed by atoms with van der Waals surface area (Å²) in [6.45, 7) is 11.7. The molecule has 5 atom stereocenters. The Labute approximate surface area is 511 Å². The first-order valence-corrected chi connectivity index (χ1v) is 36.8. The number of aliphatic hydroxyl groups is 1. The van der Waals surface area contributed by atoms with Crippen molar-refractivity contribution < 1.29 is 80.2 Å². The Bertz CT molecular complexity index is 1660. The number of hydrogen-bond donors (Lipinski definition) is 3. The van der Waals surface area contributed by atoms with Crippen LogP contribution in [0.15, 0.2) is 0 Å². The Hall–Kier alpha value is -1.94. The van der Waals surface area contributed by atoms with Gasteiger partial charge in [0.05, 0.1) is 26.4 Å². The number of esters is 4. The van der Waals surface area contributed by atoms with E-state index in [-0.39, 0.29) is 25.7 Å². The van der Waals surface area contributed by atoms with E-state index in [1.165, 1.54) is 116 Å². The van der Waals surface area contributed by atoms with E-state index in [0.717, 1.165) is 109 Å². The molecule has 0 rings (SSSR count). The van der Waals surface area contributed by atoms with Crippen LogP contribution in [0, 0.1) is 17.8 Å². The molecule has 0 aliphatic rings. The molecule has 0 aromatic rings. The number of rotatable bonds is 63. The maximum absolute atomic E-state index is 13.0. The van der Waals surface area contributed by atoms with Crippen LogP contribution in [0.2, 0.25) is 0 Å². The van der Waals surface area contributed by atoms with Crippen LogP contribution in [-0.4, -0.2) is 96.7 Å². The van der Waals surface area contributed by atoms with Gasteiger partial charge < -0.3 is 33.8 Å². The van der Waals surface area contributed by atoms with Crippen molar-refractivity contribution in [3.8, 4) is 0 Å². The van der Waals surface area contributed by atoms with Gasteiger partial charge in [0.25, 0.3) is 0 Å². The predicted octanol–water partition coefficient (Wildman–Crippen LogP) is 17.9. The van der Waals surface area contributed by atoms with Crippen LogP contribution < -0.4 is 0 Å². The zero-order valence-corrected chi connectivity index (χ0v) is 56.1. The maximum Gasteiger partial charge on any atom is 0.472 e. The van der Waals surface area contributed by atoms with Gasteiger partial charge in [-0.1, -0.05) is 267 Å². The van der Waals surface area contributed by atoms with Crippen molar-refractivity contribution in [3.05, 3.63) is 0 Å². The molecule has 0 aliphatic heterocycles. The summed E-state index contributed by atoms with van der Waals surface area (Å²) in [6, 6.07) is 0. The Morgan fingerprint density at radius 1 is 0.321 bits per heavy atom. The average molecular weight is 1240 g/mol. The minimum Gasteiger partial charge on any atom is -0.462 e. The van der Waals surface area contributed by atoms with Crippen molar-refractivity contribution in [2.75, 3.05) is 39.6 Å². The lowest BCUT2D eigenvalue weighted by Crippen LogP contribution is -2.30. The fraction of sp³-hybridized carbons (Fsp3) is 0.938. The van der Waals surface area contributed by atoms with Gasteiger partial charge in [-0.2, -0.15) is 0 Å². The number of unbranched alkanes of at least 4 members (excludes halogenated alkanes) is 31. The number of carbonyl (C=O) groups is 4. The minimum atomic E-state index is -4.95. The van der Waals surface area contributed by atoms with Gasteiger partial charge >= 0.3 is 39.5 Å². The first-order valence-electron chi connectivity index (χ1n) is 33.8. The summed E-state index contributed by atoms with van der Waals surface area (Å²) in [5.41, 5.74) is 0. The van der Waals surface area contributed by atoms with Crippen molar-refractivity contribution in [3.63, 3.8) is 0 Å². The van der Waals surface area contributed by atoms with Gasteiger partial charge in [0.2, 0.25) is 0 Å². The normalized spacial score (nSPS) is 14.3. The zero-order valence-electron chi connectivity index (χ0n) is 54.4. The number of ether oxygens (including phenoxy) is 4. The molecule has 0 spiro atoms. The van der Waals surface area contributed by atoms with Crippen molar-refractivity contribution in [2.24, 2.45) is 17.8 Å². The number of carbonyl (C=O) groups excluding carboxylic acids is 4. The topological polar surface area (TPSA) is 237 Å². The average Bonchev–Trinajstić information content (AvgIpc) is 3.52. The Kier molecular flexibility index (Phi) is 55.0. The molecule has 0 fully saturated rings. The fourth-order valence-corrected chi connectivity index (χ4v) is 11.2.